The normalized spacial score (nSPS) is 26.2. The lowest BCUT2D eigenvalue weighted by Crippen LogP contribution is -2.31. The smallest absolute Gasteiger partial charge is 0.0931 e. The first-order chi connectivity index (χ1) is 8.70. The van der Waals surface area contributed by atoms with Gasteiger partial charge in [0, 0.05) is 10.9 Å². The van der Waals surface area contributed by atoms with Crippen LogP contribution in [0.4, 0.5) is 0 Å². The third-order valence-corrected chi connectivity index (χ3v) is 5.28. The van der Waals surface area contributed by atoms with Crippen molar-refractivity contribution in [2.75, 3.05) is 6.54 Å². The minimum atomic E-state index is 0.519. The number of halogens is 1. The fraction of sp³-hybridized carbons (Fsp3) is 0.733. The van der Waals surface area contributed by atoms with Gasteiger partial charge < -0.3 is 5.32 Å². The lowest BCUT2D eigenvalue weighted by atomic mass is 9.78. The molecule has 0 aliphatic heterocycles. The summed E-state index contributed by atoms with van der Waals surface area (Å²) >= 11 is 7.84. The molecule has 3 atom stereocenters. The van der Waals surface area contributed by atoms with Crippen molar-refractivity contribution in [3.63, 3.8) is 0 Å². The van der Waals surface area contributed by atoms with Crippen molar-refractivity contribution in [3.05, 3.63) is 21.3 Å². The van der Waals surface area contributed by atoms with Crippen LogP contribution in [0.15, 0.2) is 12.1 Å². The van der Waals surface area contributed by atoms with Crippen LogP contribution in [0.25, 0.3) is 0 Å². The van der Waals surface area contributed by atoms with E-state index in [-0.39, 0.29) is 0 Å². The standard InChI is InChI=1S/C15H24ClNS/c1-3-9-17-15(13-7-8-14(16)18-13)12-6-4-5-11(2)10-12/h7-8,11-12,15,17H,3-6,9-10H2,1-2H3. The average Bonchev–Trinajstić information content (AvgIpc) is 2.76. The first kappa shape index (κ1) is 14.4. The molecule has 1 nitrogen and oxygen atoms in total. The molecule has 102 valence electrons. The van der Waals surface area contributed by atoms with Crippen molar-refractivity contribution in [3.8, 4) is 0 Å². The quantitative estimate of drug-likeness (QED) is 0.777. The van der Waals surface area contributed by atoms with Crippen LogP contribution in [-0.4, -0.2) is 6.54 Å². The van der Waals surface area contributed by atoms with Gasteiger partial charge in [0.1, 0.15) is 0 Å². The second-order valence-electron chi connectivity index (χ2n) is 5.61. The summed E-state index contributed by atoms with van der Waals surface area (Å²) in [6, 6.07) is 4.76. The van der Waals surface area contributed by atoms with E-state index in [0.29, 0.717) is 6.04 Å². The molecule has 1 aromatic rings. The Morgan fingerprint density at radius 2 is 2.28 bits per heavy atom. The number of hydrogen-bond donors (Lipinski definition) is 1. The molecular weight excluding hydrogens is 262 g/mol. The van der Waals surface area contributed by atoms with Gasteiger partial charge >= 0.3 is 0 Å². The molecule has 0 saturated heterocycles. The molecule has 0 radical (unpaired) electrons. The van der Waals surface area contributed by atoms with E-state index in [4.69, 9.17) is 11.6 Å². The predicted octanol–water partition coefficient (Wildman–Crippen LogP) is 5.27. The van der Waals surface area contributed by atoms with E-state index < -0.39 is 0 Å². The molecule has 3 heteroatoms. The summed E-state index contributed by atoms with van der Waals surface area (Å²) in [5.74, 6) is 1.67. The molecule has 1 aliphatic carbocycles. The van der Waals surface area contributed by atoms with Crippen LogP contribution < -0.4 is 5.32 Å². The van der Waals surface area contributed by atoms with Gasteiger partial charge in [-0.2, -0.15) is 0 Å². The minimum Gasteiger partial charge on any atom is -0.309 e. The van der Waals surface area contributed by atoms with E-state index in [2.05, 4.69) is 25.2 Å². The van der Waals surface area contributed by atoms with E-state index >= 15 is 0 Å². The molecule has 1 fully saturated rings. The van der Waals surface area contributed by atoms with Gasteiger partial charge in [-0.3, -0.25) is 0 Å². The highest BCUT2D eigenvalue weighted by atomic mass is 35.5. The molecule has 1 aromatic heterocycles. The molecule has 0 spiro atoms. The Bertz CT molecular complexity index is 363. The highest BCUT2D eigenvalue weighted by molar-refractivity contribution is 7.16. The lowest BCUT2D eigenvalue weighted by Gasteiger charge is -2.33. The van der Waals surface area contributed by atoms with E-state index in [1.807, 2.05) is 6.07 Å². The highest BCUT2D eigenvalue weighted by Crippen LogP contribution is 2.39. The number of hydrogen-bond acceptors (Lipinski definition) is 2. The van der Waals surface area contributed by atoms with Gasteiger partial charge in [-0.05, 0) is 49.8 Å². The van der Waals surface area contributed by atoms with E-state index in [9.17, 15) is 0 Å². The summed E-state index contributed by atoms with van der Waals surface area (Å²) in [7, 11) is 0. The van der Waals surface area contributed by atoms with Crippen molar-refractivity contribution < 1.29 is 0 Å². The third-order valence-electron chi connectivity index (χ3n) is 3.96. The molecular formula is C15H24ClNS. The minimum absolute atomic E-state index is 0.519. The molecule has 3 unspecified atom stereocenters. The Hall–Kier alpha value is -0.0500. The first-order valence-electron chi connectivity index (χ1n) is 7.19. The second-order valence-corrected chi connectivity index (χ2v) is 7.35. The zero-order valence-electron chi connectivity index (χ0n) is 11.4. The fourth-order valence-corrected chi connectivity index (χ4v) is 4.31. The van der Waals surface area contributed by atoms with Gasteiger partial charge in [-0.25, -0.2) is 0 Å². The van der Waals surface area contributed by atoms with Gasteiger partial charge in [0.2, 0.25) is 0 Å². The summed E-state index contributed by atoms with van der Waals surface area (Å²) < 4.78 is 0.914. The summed E-state index contributed by atoms with van der Waals surface area (Å²) in [5, 5.41) is 3.74. The van der Waals surface area contributed by atoms with Crippen LogP contribution >= 0.6 is 22.9 Å². The fourth-order valence-electron chi connectivity index (χ4n) is 3.08. The van der Waals surface area contributed by atoms with Crippen LogP contribution in [0, 0.1) is 11.8 Å². The SMILES string of the molecule is CCCNC(c1ccc(Cl)s1)C1CCCC(C)C1. The van der Waals surface area contributed by atoms with Gasteiger partial charge in [-0.1, -0.05) is 38.3 Å². The largest absolute Gasteiger partial charge is 0.309 e. The molecule has 18 heavy (non-hydrogen) atoms. The summed E-state index contributed by atoms with van der Waals surface area (Å²) in [6.45, 7) is 5.73. The molecule has 0 aromatic carbocycles. The van der Waals surface area contributed by atoms with E-state index in [0.717, 1.165) is 22.7 Å². The lowest BCUT2D eigenvalue weighted by molar-refractivity contribution is 0.226. The maximum atomic E-state index is 6.10. The average molecular weight is 286 g/mol. The third kappa shape index (κ3) is 3.72. The second kappa shape index (κ2) is 6.93. The zero-order valence-corrected chi connectivity index (χ0v) is 13.0. The van der Waals surface area contributed by atoms with Crippen LogP contribution in [0.3, 0.4) is 0 Å². The number of thiophene rings is 1. The molecule has 1 heterocycles. The van der Waals surface area contributed by atoms with Gasteiger partial charge in [-0.15, -0.1) is 11.3 Å². The molecule has 1 aliphatic rings. The van der Waals surface area contributed by atoms with Crippen molar-refractivity contribution >= 4 is 22.9 Å². The maximum Gasteiger partial charge on any atom is 0.0931 e. The molecule has 2 rings (SSSR count). The topological polar surface area (TPSA) is 12.0 Å². The van der Waals surface area contributed by atoms with Crippen LogP contribution in [0.5, 0.6) is 0 Å². The van der Waals surface area contributed by atoms with Crippen molar-refractivity contribution in [2.24, 2.45) is 11.8 Å². The predicted molar refractivity (Wildman–Crippen MR) is 81.5 cm³/mol. The summed E-state index contributed by atoms with van der Waals surface area (Å²) in [5.41, 5.74) is 0. The van der Waals surface area contributed by atoms with Crippen LogP contribution in [-0.2, 0) is 0 Å². The van der Waals surface area contributed by atoms with Gasteiger partial charge in [0.25, 0.3) is 0 Å². The summed E-state index contributed by atoms with van der Waals surface area (Å²) in [6.07, 6.45) is 6.70. The molecule has 0 amide bonds. The molecule has 0 bridgehead atoms. The van der Waals surface area contributed by atoms with Gasteiger partial charge in [0.05, 0.1) is 4.34 Å². The Morgan fingerprint density at radius 3 is 2.89 bits per heavy atom. The van der Waals surface area contributed by atoms with E-state index in [1.54, 1.807) is 11.3 Å². The Morgan fingerprint density at radius 1 is 1.44 bits per heavy atom. The Kier molecular flexibility index (Phi) is 5.53. The van der Waals surface area contributed by atoms with Crippen molar-refractivity contribution in [1.29, 1.82) is 0 Å². The van der Waals surface area contributed by atoms with Crippen molar-refractivity contribution in [1.82, 2.24) is 5.32 Å². The maximum absolute atomic E-state index is 6.10. The van der Waals surface area contributed by atoms with Crippen molar-refractivity contribution in [2.45, 2.75) is 52.0 Å². The Labute approximate surface area is 120 Å². The number of nitrogens with one attached hydrogen (secondary N) is 1. The first-order valence-corrected chi connectivity index (χ1v) is 8.38. The number of rotatable bonds is 5. The Balaban J connectivity index is 2.08. The van der Waals surface area contributed by atoms with Gasteiger partial charge in [0.15, 0.2) is 0 Å². The monoisotopic (exact) mass is 285 g/mol. The zero-order chi connectivity index (χ0) is 13.0. The van der Waals surface area contributed by atoms with Crippen LogP contribution in [0.2, 0.25) is 4.34 Å². The highest BCUT2D eigenvalue weighted by Gasteiger charge is 2.28. The molecule has 1 saturated carbocycles. The summed E-state index contributed by atoms with van der Waals surface area (Å²) in [4.78, 5) is 1.42. The molecule has 1 N–H and O–H groups in total. The van der Waals surface area contributed by atoms with Crippen LogP contribution in [0.1, 0.15) is 56.9 Å². The van der Waals surface area contributed by atoms with E-state index in [1.165, 1.54) is 37.0 Å².